The van der Waals surface area contributed by atoms with E-state index in [1.807, 2.05) is 31.2 Å². The van der Waals surface area contributed by atoms with Gasteiger partial charge in [0.25, 0.3) is 0 Å². The lowest BCUT2D eigenvalue weighted by Gasteiger charge is -1.91. The molecule has 0 amide bonds. The van der Waals surface area contributed by atoms with Crippen molar-refractivity contribution in [2.24, 2.45) is 0 Å². The Balaban J connectivity index is 2.63. The molecule has 0 saturated heterocycles. The summed E-state index contributed by atoms with van der Waals surface area (Å²) in [5, 5.41) is 1.82. The van der Waals surface area contributed by atoms with Crippen molar-refractivity contribution in [3.8, 4) is 0 Å². The fraction of sp³-hybridized carbons (Fsp3) is 0.0769. The zero-order valence-corrected chi connectivity index (χ0v) is 8.25. The molecule has 0 aliphatic heterocycles. The number of furan rings is 1. The summed E-state index contributed by atoms with van der Waals surface area (Å²) in [5.74, 6) is -0.303. The molecule has 0 spiro atoms. The Kier molecular flexibility index (Phi) is 1.60. The van der Waals surface area contributed by atoms with Crippen LogP contribution in [0.5, 0.6) is 0 Å². The summed E-state index contributed by atoms with van der Waals surface area (Å²) >= 11 is 0. The van der Waals surface area contributed by atoms with Gasteiger partial charge in [0.05, 0.1) is 0 Å². The van der Waals surface area contributed by atoms with Crippen LogP contribution in [0.25, 0.3) is 21.9 Å². The van der Waals surface area contributed by atoms with Crippen LogP contribution >= 0.6 is 0 Å². The molecule has 0 aliphatic carbocycles. The van der Waals surface area contributed by atoms with Crippen molar-refractivity contribution in [1.82, 2.24) is 0 Å². The molecule has 0 fully saturated rings. The minimum absolute atomic E-state index is 0.303. The van der Waals surface area contributed by atoms with Crippen LogP contribution in [0.3, 0.4) is 0 Å². The number of aryl methyl sites for hydroxylation is 1. The van der Waals surface area contributed by atoms with Crippen LogP contribution in [-0.2, 0) is 0 Å². The molecule has 74 valence electrons. The van der Waals surface area contributed by atoms with Gasteiger partial charge in [-0.05, 0) is 18.6 Å². The van der Waals surface area contributed by atoms with Gasteiger partial charge in [-0.2, -0.15) is 0 Å². The third-order valence-electron chi connectivity index (χ3n) is 2.67. The number of rotatable bonds is 0. The van der Waals surface area contributed by atoms with Crippen LogP contribution in [0.15, 0.2) is 40.8 Å². The predicted molar refractivity (Wildman–Crippen MR) is 58.4 cm³/mol. The van der Waals surface area contributed by atoms with E-state index in [9.17, 15) is 4.39 Å². The van der Waals surface area contributed by atoms with Crippen molar-refractivity contribution in [1.29, 1.82) is 0 Å². The molecule has 1 aromatic heterocycles. The molecule has 3 rings (SSSR count). The average Bonchev–Trinajstić information content (AvgIpc) is 2.60. The Morgan fingerprint density at radius 2 is 1.60 bits per heavy atom. The van der Waals surface area contributed by atoms with Gasteiger partial charge in [-0.15, -0.1) is 0 Å². The number of hydrogen-bond acceptors (Lipinski definition) is 1. The van der Waals surface area contributed by atoms with Crippen molar-refractivity contribution in [3.63, 3.8) is 0 Å². The van der Waals surface area contributed by atoms with Gasteiger partial charge in [0.2, 0.25) is 0 Å². The number of para-hydroxylation sites is 2. The van der Waals surface area contributed by atoms with E-state index in [0.717, 1.165) is 21.9 Å². The van der Waals surface area contributed by atoms with Gasteiger partial charge in [-0.25, -0.2) is 4.39 Å². The second kappa shape index (κ2) is 2.83. The SMILES string of the molecule is Cc1cccc2c1oc1c(F)cccc12. The molecule has 15 heavy (non-hydrogen) atoms. The van der Waals surface area contributed by atoms with Crippen molar-refractivity contribution < 1.29 is 8.81 Å². The van der Waals surface area contributed by atoms with Crippen molar-refractivity contribution in [3.05, 3.63) is 47.8 Å². The molecule has 0 aliphatic rings. The first-order valence-corrected chi connectivity index (χ1v) is 4.84. The summed E-state index contributed by atoms with van der Waals surface area (Å²) in [6.07, 6.45) is 0. The monoisotopic (exact) mass is 200 g/mol. The van der Waals surface area contributed by atoms with E-state index < -0.39 is 0 Å². The summed E-state index contributed by atoms with van der Waals surface area (Å²) in [6.45, 7) is 1.96. The topological polar surface area (TPSA) is 13.1 Å². The van der Waals surface area contributed by atoms with E-state index in [1.54, 1.807) is 6.07 Å². The van der Waals surface area contributed by atoms with Crippen molar-refractivity contribution >= 4 is 21.9 Å². The number of halogens is 1. The van der Waals surface area contributed by atoms with Crippen LogP contribution in [0.1, 0.15) is 5.56 Å². The molecule has 0 atom stereocenters. The zero-order valence-electron chi connectivity index (χ0n) is 8.25. The average molecular weight is 200 g/mol. The Bertz CT molecular complexity index is 596. The number of fused-ring (bicyclic) bond motifs is 3. The highest BCUT2D eigenvalue weighted by Gasteiger charge is 2.10. The Hall–Kier alpha value is -1.83. The lowest BCUT2D eigenvalue weighted by molar-refractivity contribution is 0.583. The second-order valence-corrected chi connectivity index (χ2v) is 3.67. The highest BCUT2D eigenvalue weighted by Crippen LogP contribution is 2.31. The van der Waals surface area contributed by atoms with Gasteiger partial charge in [0.1, 0.15) is 5.58 Å². The van der Waals surface area contributed by atoms with Crippen molar-refractivity contribution in [2.45, 2.75) is 6.92 Å². The number of hydrogen-bond donors (Lipinski definition) is 0. The van der Waals surface area contributed by atoms with Gasteiger partial charge in [-0.1, -0.05) is 30.3 Å². The van der Waals surface area contributed by atoms with Crippen LogP contribution in [0.4, 0.5) is 4.39 Å². The first-order chi connectivity index (χ1) is 7.27. The molecule has 1 heterocycles. The third kappa shape index (κ3) is 1.08. The highest BCUT2D eigenvalue weighted by atomic mass is 19.1. The maximum Gasteiger partial charge on any atom is 0.171 e. The fourth-order valence-electron chi connectivity index (χ4n) is 1.93. The zero-order chi connectivity index (χ0) is 10.4. The highest BCUT2D eigenvalue weighted by molar-refractivity contribution is 6.05. The van der Waals surface area contributed by atoms with Crippen LogP contribution in [0.2, 0.25) is 0 Å². The fourth-order valence-corrected chi connectivity index (χ4v) is 1.93. The quantitative estimate of drug-likeness (QED) is 0.534. The van der Waals surface area contributed by atoms with Crippen LogP contribution < -0.4 is 0 Å². The summed E-state index contributed by atoms with van der Waals surface area (Å²) in [5.41, 5.74) is 2.16. The Morgan fingerprint density at radius 3 is 2.40 bits per heavy atom. The van der Waals surface area contributed by atoms with Gasteiger partial charge < -0.3 is 4.42 Å². The maximum absolute atomic E-state index is 13.5. The van der Waals surface area contributed by atoms with E-state index in [-0.39, 0.29) is 5.82 Å². The smallest absolute Gasteiger partial charge is 0.171 e. The Morgan fingerprint density at radius 1 is 0.933 bits per heavy atom. The van der Waals surface area contributed by atoms with E-state index >= 15 is 0 Å². The molecule has 1 nitrogen and oxygen atoms in total. The van der Waals surface area contributed by atoms with Gasteiger partial charge in [0.15, 0.2) is 11.4 Å². The summed E-state index contributed by atoms with van der Waals surface area (Å²) in [7, 11) is 0. The molecule has 3 aromatic rings. The normalized spacial score (nSPS) is 11.3. The molecule has 2 heteroatoms. The van der Waals surface area contributed by atoms with Gasteiger partial charge in [-0.3, -0.25) is 0 Å². The van der Waals surface area contributed by atoms with E-state index in [4.69, 9.17) is 4.42 Å². The summed E-state index contributed by atoms with van der Waals surface area (Å²) in [6, 6.07) is 10.9. The summed E-state index contributed by atoms with van der Waals surface area (Å²) in [4.78, 5) is 0. The van der Waals surface area contributed by atoms with Crippen LogP contribution in [0, 0.1) is 12.7 Å². The van der Waals surface area contributed by atoms with E-state index in [2.05, 4.69) is 0 Å². The van der Waals surface area contributed by atoms with Gasteiger partial charge >= 0.3 is 0 Å². The minimum atomic E-state index is -0.303. The lowest BCUT2D eigenvalue weighted by Crippen LogP contribution is -1.72. The number of benzene rings is 2. The summed E-state index contributed by atoms with van der Waals surface area (Å²) < 4.78 is 19.0. The molecule has 0 radical (unpaired) electrons. The molecule has 0 N–H and O–H groups in total. The van der Waals surface area contributed by atoms with Gasteiger partial charge in [0, 0.05) is 10.8 Å². The second-order valence-electron chi connectivity index (χ2n) is 3.67. The van der Waals surface area contributed by atoms with Crippen LogP contribution in [-0.4, -0.2) is 0 Å². The first kappa shape index (κ1) is 8.48. The lowest BCUT2D eigenvalue weighted by atomic mass is 10.1. The van der Waals surface area contributed by atoms with Crippen molar-refractivity contribution in [2.75, 3.05) is 0 Å². The molecular weight excluding hydrogens is 191 g/mol. The minimum Gasteiger partial charge on any atom is -0.453 e. The molecule has 0 unspecified atom stereocenters. The molecule has 0 bridgehead atoms. The van der Waals surface area contributed by atoms with E-state index in [0.29, 0.717) is 5.58 Å². The van der Waals surface area contributed by atoms with E-state index in [1.165, 1.54) is 6.07 Å². The third-order valence-corrected chi connectivity index (χ3v) is 2.67. The molecule has 0 saturated carbocycles. The molecule has 2 aromatic carbocycles. The maximum atomic E-state index is 13.5. The predicted octanol–water partition coefficient (Wildman–Crippen LogP) is 4.03. The standard InChI is InChI=1S/C13H9FO/c1-8-4-2-5-9-10-6-3-7-11(14)13(10)15-12(8)9/h2-7H,1H3. The Labute approximate surface area is 86.1 Å². The first-order valence-electron chi connectivity index (χ1n) is 4.84. The largest absolute Gasteiger partial charge is 0.453 e. The molecular formula is C13H9FO.